The van der Waals surface area contributed by atoms with Crippen LogP contribution in [0.2, 0.25) is 0 Å². The van der Waals surface area contributed by atoms with Crippen LogP contribution < -0.4 is 0 Å². The number of nitro groups is 1. The molecule has 0 aromatic heterocycles. The monoisotopic (exact) mass is 303 g/mol. The molecule has 0 saturated heterocycles. The molecule has 0 aliphatic carbocycles. The van der Waals surface area contributed by atoms with Gasteiger partial charge in [-0.2, -0.15) is 0 Å². The molecule has 0 aliphatic rings. The molecule has 0 unspecified atom stereocenters. The van der Waals surface area contributed by atoms with Crippen molar-refractivity contribution in [1.82, 2.24) is 0 Å². The molecule has 0 spiro atoms. The largest absolute Gasteiger partial charge is 0.478 e. The number of carboxylic acids is 1. The second-order valence-corrected chi connectivity index (χ2v) is 5.48. The molecule has 0 amide bonds. The third-order valence-corrected chi connectivity index (χ3v) is 3.97. The van der Waals surface area contributed by atoms with Gasteiger partial charge in [-0.05, 0) is 36.8 Å². The van der Waals surface area contributed by atoms with Crippen molar-refractivity contribution in [3.05, 3.63) is 63.7 Å². The fourth-order valence-corrected chi connectivity index (χ4v) is 2.73. The minimum Gasteiger partial charge on any atom is -0.478 e. The van der Waals surface area contributed by atoms with Crippen LogP contribution in [0.3, 0.4) is 0 Å². The predicted octanol–water partition coefficient (Wildman–Crippen LogP) is 4.01. The van der Waals surface area contributed by atoms with Crippen LogP contribution in [0, 0.1) is 10.1 Å². The number of aromatic carboxylic acids is 1. The highest BCUT2D eigenvalue weighted by molar-refractivity contribution is 7.99. The second kappa shape index (κ2) is 6.41. The van der Waals surface area contributed by atoms with Crippen LogP contribution in [0.25, 0.3) is 0 Å². The Morgan fingerprint density at radius 3 is 2.33 bits per heavy atom. The van der Waals surface area contributed by atoms with Gasteiger partial charge in [0, 0.05) is 21.4 Å². The van der Waals surface area contributed by atoms with E-state index >= 15 is 0 Å². The Bertz CT molecular complexity index is 683. The first-order chi connectivity index (χ1) is 10.0. The average molecular weight is 303 g/mol. The van der Waals surface area contributed by atoms with E-state index < -0.39 is 5.97 Å². The van der Waals surface area contributed by atoms with E-state index in [2.05, 4.69) is 0 Å². The number of aryl methyl sites for hydroxylation is 1. The lowest BCUT2D eigenvalue weighted by Gasteiger charge is -2.05. The minimum atomic E-state index is -0.977. The lowest BCUT2D eigenvalue weighted by molar-refractivity contribution is -0.385. The van der Waals surface area contributed by atoms with Gasteiger partial charge in [-0.3, -0.25) is 10.1 Å². The van der Waals surface area contributed by atoms with Gasteiger partial charge in [-0.15, -0.1) is 0 Å². The summed E-state index contributed by atoms with van der Waals surface area (Å²) in [6.07, 6.45) is 0.606. The lowest BCUT2D eigenvalue weighted by Crippen LogP contribution is -1.95. The van der Waals surface area contributed by atoms with Gasteiger partial charge in [-0.25, -0.2) is 4.79 Å². The fraction of sp³-hybridized carbons (Fsp3) is 0.133. The summed E-state index contributed by atoms with van der Waals surface area (Å²) in [6, 6.07) is 11.5. The van der Waals surface area contributed by atoms with Gasteiger partial charge in [0.05, 0.1) is 10.5 Å². The van der Waals surface area contributed by atoms with Crippen LogP contribution in [0.15, 0.2) is 52.3 Å². The number of benzene rings is 2. The van der Waals surface area contributed by atoms with Crippen molar-refractivity contribution < 1.29 is 14.8 Å². The van der Waals surface area contributed by atoms with Gasteiger partial charge in [-0.1, -0.05) is 24.8 Å². The molecule has 108 valence electrons. The van der Waals surface area contributed by atoms with E-state index in [1.165, 1.54) is 23.9 Å². The summed E-state index contributed by atoms with van der Waals surface area (Å²) >= 11 is 1.36. The number of nitro benzene ring substituents is 1. The van der Waals surface area contributed by atoms with Gasteiger partial charge < -0.3 is 5.11 Å². The Morgan fingerprint density at radius 1 is 1.19 bits per heavy atom. The molecule has 0 fully saturated rings. The van der Waals surface area contributed by atoms with Crippen molar-refractivity contribution in [2.45, 2.75) is 23.1 Å². The number of hydrogen-bond acceptors (Lipinski definition) is 4. The number of rotatable bonds is 5. The van der Waals surface area contributed by atoms with E-state index in [1.807, 2.05) is 13.0 Å². The molecule has 0 atom stereocenters. The standard InChI is InChI=1S/C15H13NO4S/c1-2-10-3-8-13(9-14(10)16(19)20)21-12-6-4-11(5-7-12)15(17)18/h3-9H,2H2,1H3,(H,17,18). The normalized spacial score (nSPS) is 10.3. The second-order valence-electron chi connectivity index (χ2n) is 4.33. The summed E-state index contributed by atoms with van der Waals surface area (Å²) in [7, 11) is 0. The topological polar surface area (TPSA) is 80.4 Å². The van der Waals surface area contributed by atoms with Crippen LogP contribution in [0.4, 0.5) is 5.69 Å². The average Bonchev–Trinajstić information content (AvgIpc) is 2.47. The van der Waals surface area contributed by atoms with Crippen molar-refractivity contribution in [3.63, 3.8) is 0 Å². The fourth-order valence-electron chi connectivity index (χ4n) is 1.88. The van der Waals surface area contributed by atoms with Crippen molar-refractivity contribution in [1.29, 1.82) is 0 Å². The van der Waals surface area contributed by atoms with E-state index in [1.54, 1.807) is 24.3 Å². The number of hydrogen-bond donors (Lipinski definition) is 1. The molecule has 2 aromatic carbocycles. The summed E-state index contributed by atoms with van der Waals surface area (Å²) < 4.78 is 0. The van der Waals surface area contributed by atoms with Crippen LogP contribution >= 0.6 is 11.8 Å². The Labute approximate surface area is 125 Å². The molecular weight excluding hydrogens is 290 g/mol. The maximum absolute atomic E-state index is 11.0. The summed E-state index contributed by atoms with van der Waals surface area (Å²) in [5.41, 5.74) is 1.03. The Kier molecular flexibility index (Phi) is 4.59. The number of carbonyl (C=O) groups is 1. The summed E-state index contributed by atoms with van der Waals surface area (Å²) in [5, 5.41) is 19.9. The van der Waals surface area contributed by atoms with Gasteiger partial charge in [0.1, 0.15) is 0 Å². The molecule has 0 aliphatic heterocycles. The van der Waals surface area contributed by atoms with E-state index in [0.29, 0.717) is 12.0 Å². The molecular formula is C15H13NO4S. The first-order valence-corrected chi connectivity index (χ1v) is 7.11. The molecule has 2 aromatic rings. The number of carboxylic acid groups (broad SMARTS) is 1. The first-order valence-electron chi connectivity index (χ1n) is 6.29. The zero-order chi connectivity index (χ0) is 15.4. The third kappa shape index (κ3) is 3.61. The maximum atomic E-state index is 11.0. The van der Waals surface area contributed by atoms with Crippen LogP contribution in [-0.4, -0.2) is 16.0 Å². The molecule has 0 saturated carbocycles. The zero-order valence-electron chi connectivity index (χ0n) is 11.3. The maximum Gasteiger partial charge on any atom is 0.335 e. The summed E-state index contributed by atoms with van der Waals surface area (Å²) in [5.74, 6) is -0.977. The summed E-state index contributed by atoms with van der Waals surface area (Å²) in [6.45, 7) is 1.87. The van der Waals surface area contributed by atoms with Crippen LogP contribution in [-0.2, 0) is 6.42 Å². The molecule has 1 N–H and O–H groups in total. The summed E-state index contributed by atoms with van der Waals surface area (Å²) in [4.78, 5) is 23.0. The number of nitrogens with zero attached hydrogens (tertiary/aromatic N) is 1. The van der Waals surface area contributed by atoms with Crippen molar-refractivity contribution in [3.8, 4) is 0 Å². The van der Waals surface area contributed by atoms with Crippen LogP contribution in [0.1, 0.15) is 22.8 Å². The Morgan fingerprint density at radius 2 is 1.81 bits per heavy atom. The van der Waals surface area contributed by atoms with Gasteiger partial charge in [0.15, 0.2) is 0 Å². The highest BCUT2D eigenvalue weighted by Gasteiger charge is 2.13. The van der Waals surface area contributed by atoms with E-state index in [0.717, 1.165) is 9.79 Å². The zero-order valence-corrected chi connectivity index (χ0v) is 12.1. The van der Waals surface area contributed by atoms with Gasteiger partial charge >= 0.3 is 5.97 Å². The highest BCUT2D eigenvalue weighted by atomic mass is 32.2. The molecule has 21 heavy (non-hydrogen) atoms. The Hall–Kier alpha value is -2.34. The first kappa shape index (κ1) is 15.1. The van der Waals surface area contributed by atoms with Crippen molar-refractivity contribution in [2.75, 3.05) is 0 Å². The van der Waals surface area contributed by atoms with E-state index in [-0.39, 0.29) is 16.2 Å². The Balaban J connectivity index is 2.25. The molecule has 6 heteroatoms. The molecule has 0 bridgehead atoms. The molecule has 5 nitrogen and oxygen atoms in total. The smallest absolute Gasteiger partial charge is 0.335 e. The predicted molar refractivity (Wildman–Crippen MR) is 80.0 cm³/mol. The third-order valence-electron chi connectivity index (χ3n) is 2.97. The van der Waals surface area contributed by atoms with E-state index in [4.69, 9.17) is 5.11 Å². The quantitative estimate of drug-likeness (QED) is 0.667. The van der Waals surface area contributed by atoms with Gasteiger partial charge in [0.2, 0.25) is 0 Å². The van der Waals surface area contributed by atoms with Gasteiger partial charge in [0.25, 0.3) is 5.69 Å². The minimum absolute atomic E-state index is 0.115. The lowest BCUT2D eigenvalue weighted by atomic mass is 10.1. The SMILES string of the molecule is CCc1ccc(Sc2ccc(C(=O)O)cc2)cc1[N+](=O)[O-]. The van der Waals surface area contributed by atoms with Crippen LogP contribution in [0.5, 0.6) is 0 Å². The molecule has 2 rings (SSSR count). The molecule has 0 radical (unpaired) electrons. The van der Waals surface area contributed by atoms with E-state index in [9.17, 15) is 14.9 Å². The molecule has 0 heterocycles. The van der Waals surface area contributed by atoms with Crippen molar-refractivity contribution >= 4 is 23.4 Å². The highest BCUT2D eigenvalue weighted by Crippen LogP contribution is 2.32. The van der Waals surface area contributed by atoms with Crippen molar-refractivity contribution in [2.24, 2.45) is 0 Å².